The van der Waals surface area contributed by atoms with Crippen molar-refractivity contribution in [2.24, 2.45) is 0 Å². The quantitative estimate of drug-likeness (QED) is 0.786. The van der Waals surface area contributed by atoms with E-state index in [9.17, 15) is 4.39 Å². The van der Waals surface area contributed by atoms with Crippen LogP contribution in [-0.2, 0) is 6.54 Å². The van der Waals surface area contributed by atoms with Crippen LogP contribution >= 0.6 is 0 Å². The van der Waals surface area contributed by atoms with Gasteiger partial charge in [0.05, 0.1) is 17.2 Å². The van der Waals surface area contributed by atoms with Gasteiger partial charge in [0.15, 0.2) is 0 Å². The molecular weight excluding hydrogens is 203 g/mol. The number of nitrogens with zero attached hydrogens (tertiary/aromatic N) is 1. The molecule has 0 aliphatic heterocycles. The van der Waals surface area contributed by atoms with Gasteiger partial charge in [-0.25, -0.2) is 4.39 Å². The summed E-state index contributed by atoms with van der Waals surface area (Å²) in [7, 11) is 0. The average molecular weight is 216 g/mol. The Morgan fingerprint density at radius 1 is 1.50 bits per heavy atom. The van der Waals surface area contributed by atoms with Crippen LogP contribution in [0.25, 0.3) is 0 Å². The van der Waals surface area contributed by atoms with E-state index in [1.165, 1.54) is 18.2 Å². The molecule has 16 heavy (non-hydrogen) atoms. The summed E-state index contributed by atoms with van der Waals surface area (Å²) >= 11 is 0. The van der Waals surface area contributed by atoms with E-state index in [2.05, 4.69) is 11.2 Å². The molecule has 82 valence electrons. The van der Waals surface area contributed by atoms with Gasteiger partial charge in [0.2, 0.25) is 0 Å². The molecule has 1 rings (SSSR count). The molecule has 0 heterocycles. The minimum absolute atomic E-state index is 0.304. The maximum absolute atomic E-state index is 13.4. The van der Waals surface area contributed by atoms with E-state index in [0.717, 1.165) is 0 Å². The van der Waals surface area contributed by atoms with Crippen molar-refractivity contribution in [3.05, 3.63) is 35.1 Å². The van der Waals surface area contributed by atoms with Gasteiger partial charge in [-0.1, -0.05) is 5.92 Å². The number of halogens is 1. The first kappa shape index (κ1) is 12.2. The second kappa shape index (κ2) is 4.79. The van der Waals surface area contributed by atoms with Crippen LogP contribution in [0.5, 0.6) is 0 Å². The van der Waals surface area contributed by atoms with Gasteiger partial charge in [-0.2, -0.15) is 5.26 Å². The predicted molar refractivity (Wildman–Crippen MR) is 60.9 cm³/mol. The molecule has 1 aromatic carbocycles. The van der Waals surface area contributed by atoms with Gasteiger partial charge in [0.25, 0.3) is 0 Å². The van der Waals surface area contributed by atoms with E-state index in [1.54, 1.807) is 0 Å². The second-order valence-corrected chi connectivity index (χ2v) is 4.04. The molecule has 0 unspecified atom stereocenters. The molecule has 0 bridgehead atoms. The fourth-order valence-electron chi connectivity index (χ4n) is 1.15. The van der Waals surface area contributed by atoms with E-state index in [1.807, 2.05) is 19.9 Å². The van der Waals surface area contributed by atoms with Crippen molar-refractivity contribution >= 4 is 0 Å². The van der Waals surface area contributed by atoms with E-state index in [-0.39, 0.29) is 5.82 Å². The van der Waals surface area contributed by atoms with Gasteiger partial charge in [0, 0.05) is 12.1 Å². The number of rotatable bonds is 3. The van der Waals surface area contributed by atoms with E-state index in [0.29, 0.717) is 17.7 Å². The highest BCUT2D eigenvalue weighted by Crippen LogP contribution is 2.11. The smallest absolute Gasteiger partial charge is 0.127 e. The molecule has 0 saturated heterocycles. The van der Waals surface area contributed by atoms with Gasteiger partial charge >= 0.3 is 0 Å². The van der Waals surface area contributed by atoms with Gasteiger partial charge in [-0.3, -0.25) is 5.32 Å². The Balaban J connectivity index is 2.83. The van der Waals surface area contributed by atoms with Crippen LogP contribution in [0.15, 0.2) is 18.2 Å². The molecule has 0 atom stereocenters. The highest BCUT2D eigenvalue weighted by Gasteiger charge is 2.13. The molecule has 0 aliphatic carbocycles. The maximum atomic E-state index is 13.4. The number of terminal acetylenes is 1. The Morgan fingerprint density at radius 2 is 2.19 bits per heavy atom. The van der Waals surface area contributed by atoms with E-state index < -0.39 is 5.54 Å². The molecule has 1 aromatic rings. The Bertz CT molecular complexity index is 464. The van der Waals surface area contributed by atoms with Crippen molar-refractivity contribution in [1.82, 2.24) is 5.32 Å². The molecule has 0 amide bonds. The number of hydrogen-bond acceptors (Lipinski definition) is 2. The Hall–Kier alpha value is -1.84. The summed E-state index contributed by atoms with van der Waals surface area (Å²) in [6, 6.07) is 6.23. The van der Waals surface area contributed by atoms with E-state index >= 15 is 0 Å². The lowest BCUT2D eigenvalue weighted by Crippen LogP contribution is -2.37. The fraction of sp³-hybridized carbons (Fsp3) is 0.308. The maximum Gasteiger partial charge on any atom is 0.127 e. The van der Waals surface area contributed by atoms with Gasteiger partial charge in [-0.15, -0.1) is 6.42 Å². The van der Waals surface area contributed by atoms with Crippen LogP contribution in [0.4, 0.5) is 4.39 Å². The zero-order valence-corrected chi connectivity index (χ0v) is 9.34. The lowest BCUT2D eigenvalue weighted by molar-refractivity contribution is 0.479. The van der Waals surface area contributed by atoms with Crippen LogP contribution in [-0.4, -0.2) is 5.54 Å². The third-order valence-electron chi connectivity index (χ3n) is 2.26. The Kier molecular flexibility index (Phi) is 3.66. The number of benzene rings is 1. The van der Waals surface area contributed by atoms with Crippen molar-refractivity contribution in [2.75, 3.05) is 0 Å². The second-order valence-electron chi connectivity index (χ2n) is 4.04. The summed E-state index contributed by atoms with van der Waals surface area (Å²) in [6.07, 6.45) is 5.31. The summed E-state index contributed by atoms with van der Waals surface area (Å²) in [4.78, 5) is 0. The first-order chi connectivity index (χ1) is 7.48. The fourth-order valence-corrected chi connectivity index (χ4v) is 1.15. The molecule has 0 aromatic heterocycles. The SMILES string of the molecule is C#CC(C)(C)NCc1cc(C#N)ccc1F. The first-order valence-electron chi connectivity index (χ1n) is 4.90. The summed E-state index contributed by atoms with van der Waals surface area (Å²) < 4.78 is 13.4. The molecule has 0 saturated carbocycles. The summed E-state index contributed by atoms with van der Waals surface area (Å²) in [5.74, 6) is 2.23. The average Bonchev–Trinajstić information content (AvgIpc) is 2.28. The van der Waals surface area contributed by atoms with Crippen molar-refractivity contribution < 1.29 is 4.39 Å². The number of nitrogens with one attached hydrogen (secondary N) is 1. The third kappa shape index (κ3) is 3.08. The standard InChI is InChI=1S/C13H13FN2/c1-4-13(2,3)16-9-11-7-10(8-15)5-6-12(11)14/h1,5-7,16H,9H2,2-3H3. The van der Waals surface area contributed by atoms with Crippen LogP contribution in [0, 0.1) is 29.5 Å². The summed E-state index contributed by atoms with van der Waals surface area (Å²) in [6.45, 7) is 3.97. The summed E-state index contributed by atoms with van der Waals surface area (Å²) in [5.41, 5.74) is 0.397. The molecule has 3 heteroatoms. The molecule has 0 radical (unpaired) electrons. The van der Waals surface area contributed by atoms with Gasteiger partial charge in [-0.05, 0) is 32.0 Å². The van der Waals surface area contributed by atoms with Gasteiger partial charge < -0.3 is 0 Å². The lowest BCUT2D eigenvalue weighted by Gasteiger charge is -2.19. The van der Waals surface area contributed by atoms with Crippen molar-refractivity contribution in [1.29, 1.82) is 5.26 Å². The first-order valence-corrected chi connectivity index (χ1v) is 4.90. The minimum Gasteiger partial charge on any atom is -0.297 e. The van der Waals surface area contributed by atoms with Crippen LogP contribution in [0.3, 0.4) is 0 Å². The monoisotopic (exact) mass is 216 g/mol. The van der Waals surface area contributed by atoms with Crippen molar-refractivity contribution in [3.8, 4) is 18.4 Å². The minimum atomic E-state index is -0.491. The predicted octanol–water partition coefficient (Wildman–Crippen LogP) is 2.20. The lowest BCUT2D eigenvalue weighted by atomic mass is 10.1. The van der Waals surface area contributed by atoms with E-state index in [4.69, 9.17) is 11.7 Å². The largest absolute Gasteiger partial charge is 0.297 e. The normalized spacial score (nSPS) is 10.6. The Morgan fingerprint density at radius 3 is 2.75 bits per heavy atom. The molecule has 2 nitrogen and oxygen atoms in total. The highest BCUT2D eigenvalue weighted by molar-refractivity contribution is 5.33. The zero-order valence-electron chi connectivity index (χ0n) is 9.34. The molecule has 0 aliphatic rings. The zero-order chi connectivity index (χ0) is 12.2. The van der Waals surface area contributed by atoms with Crippen LogP contribution in [0.1, 0.15) is 25.0 Å². The van der Waals surface area contributed by atoms with Crippen molar-refractivity contribution in [3.63, 3.8) is 0 Å². The summed E-state index contributed by atoms with van der Waals surface area (Å²) in [5, 5.41) is 11.7. The Labute approximate surface area is 95.1 Å². The number of nitriles is 1. The topological polar surface area (TPSA) is 35.8 Å². The molecule has 0 fully saturated rings. The van der Waals surface area contributed by atoms with Crippen LogP contribution < -0.4 is 5.32 Å². The van der Waals surface area contributed by atoms with Crippen molar-refractivity contribution in [2.45, 2.75) is 25.9 Å². The highest BCUT2D eigenvalue weighted by atomic mass is 19.1. The van der Waals surface area contributed by atoms with Gasteiger partial charge in [0.1, 0.15) is 5.82 Å². The molecular formula is C13H13FN2. The molecule has 0 spiro atoms. The van der Waals surface area contributed by atoms with Crippen LogP contribution in [0.2, 0.25) is 0 Å². The third-order valence-corrected chi connectivity index (χ3v) is 2.26. The molecule has 1 N–H and O–H groups in total. The number of hydrogen-bond donors (Lipinski definition) is 1.